The number of carbonyl (C=O) groups excluding carboxylic acids is 2. The van der Waals surface area contributed by atoms with E-state index in [1.54, 1.807) is 7.11 Å². The van der Waals surface area contributed by atoms with E-state index in [1.165, 1.54) is 0 Å². The van der Waals surface area contributed by atoms with Crippen LogP contribution in [0.5, 0.6) is 0 Å². The highest BCUT2D eigenvalue weighted by molar-refractivity contribution is 5.79. The molecule has 1 aliphatic carbocycles. The van der Waals surface area contributed by atoms with E-state index in [1.807, 2.05) is 27.7 Å². The number of hydrogen-bond donors (Lipinski definition) is 0. The SMILES string of the molecule is CCOC(=O)[C@H]1CC[C@H](OC(C(=O)OC(C)(C)C)(N2CCCC2)N2CC[C@H]2COC)CC1. The molecule has 32 heavy (non-hydrogen) atoms. The van der Waals surface area contributed by atoms with E-state index in [0.717, 1.165) is 64.6 Å². The van der Waals surface area contributed by atoms with Crippen molar-refractivity contribution in [1.82, 2.24) is 9.80 Å². The van der Waals surface area contributed by atoms with E-state index < -0.39 is 11.4 Å². The number of rotatable bonds is 9. The van der Waals surface area contributed by atoms with Crippen molar-refractivity contribution in [3.8, 4) is 0 Å². The van der Waals surface area contributed by atoms with Crippen LogP contribution < -0.4 is 0 Å². The van der Waals surface area contributed by atoms with Gasteiger partial charge >= 0.3 is 11.9 Å². The lowest BCUT2D eigenvalue weighted by Crippen LogP contribution is -2.74. The number of carbonyl (C=O) groups is 2. The molecule has 0 spiro atoms. The molecule has 0 bridgehead atoms. The molecule has 3 rings (SSSR count). The first-order valence-electron chi connectivity index (χ1n) is 12.3. The van der Waals surface area contributed by atoms with E-state index in [4.69, 9.17) is 18.9 Å². The molecule has 184 valence electrons. The molecule has 2 saturated heterocycles. The smallest absolute Gasteiger partial charge is 0.371 e. The molecule has 8 heteroatoms. The fourth-order valence-electron chi connectivity index (χ4n) is 5.10. The molecule has 0 aromatic heterocycles. The maximum absolute atomic E-state index is 13.8. The highest BCUT2D eigenvalue weighted by Gasteiger charge is 2.59. The van der Waals surface area contributed by atoms with Crippen LogP contribution in [0.4, 0.5) is 0 Å². The molecule has 0 aromatic rings. The van der Waals surface area contributed by atoms with Gasteiger partial charge in [0.2, 0.25) is 0 Å². The third-order valence-corrected chi connectivity index (χ3v) is 6.72. The minimum absolute atomic E-state index is 0.0808. The van der Waals surface area contributed by atoms with Crippen LogP contribution in [0.25, 0.3) is 0 Å². The van der Waals surface area contributed by atoms with Gasteiger partial charge in [-0.25, -0.2) is 9.69 Å². The van der Waals surface area contributed by atoms with Crippen LogP contribution in [0.3, 0.4) is 0 Å². The summed E-state index contributed by atoms with van der Waals surface area (Å²) in [5.41, 5.74) is -0.616. The summed E-state index contributed by atoms with van der Waals surface area (Å²) >= 11 is 0. The van der Waals surface area contributed by atoms with E-state index >= 15 is 0 Å². The van der Waals surface area contributed by atoms with Crippen LogP contribution >= 0.6 is 0 Å². The second kappa shape index (κ2) is 10.8. The predicted octanol–water partition coefficient (Wildman–Crippen LogP) is 2.94. The van der Waals surface area contributed by atoms with Crippen molar-refractivity contribution in [2.45, 2.75) is 96.2 Å². The Morgan fingerprint density at radius 1 is 0.969 bits per heavy atom. The molecule has 0 radical (unpaired) electrons. The summed E-state index contributed by atoms with van der Waals surface area (Å²) in [5, 5.41) is 0. The summed E-state index contributed by atoms with van der Waals surface area (Å²) in [6.45, 7) is 10.8. The summed E-state index contributed by atoms with van der Waals surface area (Å²) < 4.78 is 23.4. The Labute approximate surface area is 192 Å². The van der Waals surface area contributed by atoms with E-state index in [9.17, 15) is 9.59 Å². The van der Waals surface area contributed by atoms with Gasteiger partial charge < -0.3 is 18.9 Å². The van der Waals surface area contributed by atoms with Crippen molar-refractivity contribution in [3.63, 3.8) is 0 Å². The Hall–Kier alpha value is -1.22. The van der Waals surface area contributed by atoms with Gasteiger partial charge in [0.1, 0.15) is 5.60 Å². The number of ether oxygens (including phenoxy) is 4. The minimum atomic E-state index is -1.24. The third-order valence-electron chi connectivity index (χ3n) is 6.72. The number of methoxy groups -OCH3 is 1. The van der Waals surface area contributed by atoms with Crippen LogP contribution in [-0.2, 0) is 28.5 Å². The molecule has 3 aliphatic rings. The van der Waals surface area contributed by atoms with E-state index in [-0.39, 0.29) is 30.0 Å². The number of nitrogens with zero attached hydrogens (tertiary/aromatic N) is 2. The van der Waals surface area contributed by atoms with E-state index in [0.29, 0.717) is 13.2 Å². The average Bonchev–Trinajstić information content (AvgIpc) is 3.25. The maximum Gasteiger partial charge on any atom is 0.371 e. The van der Waals surface area contributed by atoms with Gasteiger partial charge in [-0.3, -0.25) is 9.69 Å². The van der Waals surface area contributed by atoms with Crippen molar-refractivity contribution in [2.24, 2.45) is 5.92 Å². The molecule has 0 N–H and O–H groups in total. The molecular formula is C24H42N2O6. The van der Waals surface area contributed by atoms with Crippen molar-refractivity contribution in [3.05, 3.63) is 0 Å². The second-order valence-electron chi connectivity index (χ2n) is 10.2. The van der Waals surface area contributed by atoms with Crippen LogP contribution in [-0.4, -0.2) is 85.3 Å². The van der Waals surface area contributed by atoms with Crippen molar-refractivity contribution in [1.29, 1.82) is 0 Å². The van der Waals surface area contributed by atoms with Crippen molar-refractivity contribution >= 4 is 11.9 Å². The Bertz CT molecular complexity index is 637. The number of hydrogen-bond acceptors (Lipinski definition) is 8. The highest BCUT2D eigenvalue weighted by Crippen LogP contribution is 2.40. The van der Waals surface area contributed by atoms with Gasteiger partial charge in [-0.2, -0.15) is 0 Å². The Morgan fingerprint density at radius 3 is 2.12 bits per heavy atom. The second-order valence-corrected chi connectivity index (χ2v) is 10.2. The van der Waals surface area contributed by atoms with Gasteiger partial charge in [0, 0.05) is 32.8 Å². The number of likely N-dealkylation sites (tertiary alicyclic amines) is 2. The lowest BCUT2D eigenvalue weighted by atomic mass is 9.87. The fourth-order valence-corrected chi connectivity index (χ4v) is 5.10. The molecule has 1 saturated carbocycles. The summed E-state index contributed by atoms with van der Waals surface area (Å²) in [6.07, 6.45) is 5.81. The van der Waals surface area contributed by atoms with Crippen LogP contribution in [0.1, 0.15) is 72.6 Å². The van der Waals surface area contributed by atoms with Crippen LogP contribution in [0, 0.1) is 5.92 Å². The van der Waals surface area contributed by atoms with Crippen LogP contribution in [0.15, 0.2) is 0 Å². The maximum atomic E-state index is 13.8. The first-order chi connectivity index (χ1) is 15.2. The lowest BCUT2D eigenvalue weighted by Gasteiger charge is -2.55. The van der Waals surface area contributed by atoms with Crippen molar-refractivity contribution in [2.75, 3.05) is 40.0 Å². The number of esters is 2. The molecule has 2 atom stereocenters. The van der Waals surface area contributed by atoms with Gasteiger partial charge in [-0.15, -0.1) is 0 Å². The van der Waals surface area contributed by atoms with E-state index in [2.05, 4.69) is 9.80 Å². The Morgan fingerprint density at radius 2 is 1.62 bits per heavy atom. The summed E-state index contributed by atoms with van der Waals surface area (Å²) in [4.78, 5) is 30.3. The molecular weight excluding hydrogens is 412 g/mol. The highest BCUT2D eigenvalue weighted by atomic mass is 16.6. The Kier molecular flexibility index (Phi) is 8.58. The normalized spacial score (nSPS) is 29.2. The van der Waals surface area contributed by atoms with Gasteiger partial charge in [0.25, 0.3) is 5.85 Å². The molecule has 2 heterocycles. The van der Waals surface area contributed by atoms with Gasteiger partial charge in [0.05, 0.1) is 25.2 Å². The standard InChI is InChI=1S/C24H42N2O6/c1-6-30-21(27)18-9-11-20(12-10-18)31-24(25-14-7-8-15-25,22(28)32-23(2,3)4)26-16-13-19(26)17-29-5/h18-20H,6-17H2,1-5H3/t18-,19-,20-,24?/m0/s1. The summed E-state index contributed by atoms with van der Waals surface area (Å²) in [7, 11) is 1.69. The molecule has 3 fully saturated rings. The largest absolute Gasteiger partial charge is 0.466 e. The van der Waals surface area contributed by atoms with Gasteiger partial charge in [-0.05, 0) is 72.6 Å². The van der Waals surface area contributed by atoms with Gasteiger partial charge in [-0.1, -0.05) is 0 Å². The molecule has 2 aliphatic heterocycles. The predicted molar refractivity (Wildman–Crippen MR) is 120 cm³/mol. The quantitative estimate of drug-likeness (QED) is 0.492. The van der Waals surface area contributed by atoms with Crippen molar-refractivity contribution < 1.29 is 28.5 Å². The topological polar surface area (TPSA) is 77.5 Å². The average molecular weight is 455 g/mol. The molecule has 1 unspecified atom stereocenters. The molecule has 8 nitrogen and oxygen atoms in total. The monoisotopic (exact) mass is 454 g/mol. The first-order valence-corrected chi connectivity index (χ1v) is 12.3. The zero-order chi connectivity index (χ0) is 23.4. The molecule has 0 aromatic carbocycles. The fraction of sp³-hybridized carbons (Fsp3) is 0.917. The van der Waals surface area contributed by atoms with Gasteiger partial charge in [0.15, 0.2) is 0 Å². The van der Waals surface area contributed by atoms with Crippen LogP contribution in [0.2, 0.25) is 0 Å². The third kappa shape index (κ3) is 5.64. The first kappa shape index (κ1) is 25.4. The zero-order valence-electron chi connectivity index (χ0n) is 20.6. The Balaban J connectivity index is 1.84. The molecule has 0 amide bonds. The lowest BCUT2D eigenvalue weighted by molar-refractivity contribution is -0.301. The zero-order valence-corrected chi connectivity index (χ0v) is 20.6. The minimum Gasteiger partial charge on any atom is -0.466 e. The summed E-state index contributed by atoms with van der Waals surface area (Å²) in [6, 6.07) is 0.115. The summed E-state index contributed by atoms with van der Waals surface area (Å²) in [5.74, 6) is -1.78.